The minimum absolute atomic E-state index is 0.598. The molecule has 22 heavy (non-hydrogen) atoms. The van der Waals surface area contributed by atoms with Crippen molar-refractivity contribution in [2.45, 2.75) is 20.0 Å². The number of hydrogen-bond donors (Lipinski definition) is 1. The van der Waals surface area contributed by atoms with Gasteiger partial charge in [0, 0.05) is 6.54 Å². The molecule has 0 aliphatic carbocycles. The van der Waals surface area contributed by atoms with Gasteiger partial charge in [-0.15, -0.1) is 0 Å². The lowest BCUT2D eigenvalue weighted by Crippen LogP contribution is -2.23. The van der Waals surface area contributed by atoms with Gasteiger partial charge in [0.25, 0.3) is 0 Å². The fourth-order valence-electron chi connectivity index (χ4n) is 2.54. The van der Waals surface area contributed by atoms with E-state index in [0.29, 0.717) is 0 Å². The fourth-order valence-corrected chi connectivity index (χ4v) is 2.54. The Hall–Kier alpha value is -1.90. The highest BCUT2D eigenvalue weighted by atomic mass is 16.3. The Morgan fingerprint density at radius 1 is 0.955 bits per heavy atom. The zero-order valence-electron chi connectivity index (χ0n) is 13.4. The van der Waals surface area contributed by atoms with Crippen molar-refractivity contribution in [3.8, 4) is 0 Å². The van der Waals surface area contributed by atoms with E-state index in [0.717, 1.165) is 36.3 Å². The molecule has 1 atom stereocenters. The first-order valence-corrected chi connectivity index (χ1v) is 7.97. The molecule has 2 aromatic rings. The largest absolute Gasteiger partial charge is 0.384 e. The Labute approximate surface area is 133 Å². The van der Waals surface area contributed by atoms with Crippen LogP contribution in [0, 0.1) is 0 Å². The van der Waals surface area contributed by atoms with Crippen LogP contribution in [0.25, 0.3) is 5.57 Å². The summed E-state index contributed by atoms with van der Waals surface area (Å²) in [6, 6.07) is 20.0. The van der Waals surface area contributed by atoms with Crippen molar-refractivity contribution >= 4 is 5.57 Å². The van der Waals surface area contributed by atoms with Gasteiger partial charge >= 0.3 is 0 Å². The maximum atomic E-state index is 10.8. The van der Waals surface area contributed by atoms with Gasteiger partial charge in [0.15, 0.2) is 0 Å². The third-order valence-electron chi connectivity index (χ3n) is 3.98. The quantitative estimate of drug-likeness (QED) is 0.829. The van der Waals surface area contributed by atoms with Crippen LogP contribution in [0.1, 0.15) is 31.1 Å². The van der Waals surface area contributed by atoms with E-state index >= 15 is 0 Å². The van der Waals surface area contributed by atoms with Crippen molar-refractivity contribution in [2.75, 3.05) is 19.6 Å². The third kappa shape index (κ3) is 4.30. The van der Waals surface area contributed by atoms with Gasteiger partial charge in [-0.1, -0.05) is 80.6 Å². The molecule has 1 unspecified atom stereocenters. The van der Waals surface area contributed by atoms with E-state index in [9.17, 15) is 5.11 Å². The molecular formula is C20H25NO. The van der Waals surface area contributed by atoms with Crippen LogP contribution in [0.5, 0.6) is 0 Å². The molecule has 0 saturated heterocycles. The Kier molecular flexibility index (Phi) is 6.38. The highest BCUT2D eigenvalue weighted by Gasteiger charge is 2.15. The average Bonchev–Trinajstić information content (AvgIpc) is 2.60. The molecule has 0 aliphatic heterocycles. The fraction of sp³-hybridized carbons (Fsp3) is 0.300. The predicted octanol–water partition coefficient (Wildman–Crippen LogP) is 4.15. The lowest BCUT2D eigenvalue weighted by Gasteiger charge is -2.20. The van der Waals surface area contributed by atoms with E-state index in [1.54, 1.807) is 0 Å². The van der Waals surface area contributed by atoms with Crippen molar-refractivity contribution < 1.29 is 5.11 Å². The van der Waals surface area contributed by atoms with E-state index in [4.69, 9.17) is 0 Å². The van der Waals surface area contributed by atoms with Gasteiger partial charge in [0.05, 0.1) is 0 Å². The summed E-state index contributed by atoms with van der Waals surface area (Å²) in [5.41, 5.74) is 2.97. The number of nitrogens with zero attached hydrogens (tertiary/aromatic N) is 1. The molecule has 0 fully saturated rings. The van der Waals surface area contributed by atoms with Crippen LogP contribution in [0.4, 0.5) is 0 Å². The molecule has 2 rings (SSSR count). The van der Waals surface area contributed by atoms with Crippen molar-refractivity contribution in [1.82, 2.24) is 4.90 Å². The van der Waals surface area contributed by atoms with E-state index in [-0.39, 0.29) is 0 Å². The molecule has 0 amide bonds. The van der Waals surface area contributed by atoms with E-state index in [1.807, 2.05) is 48.5 Å². The SMILES string of the molecule is CCN(CC)CC=C(c1ccccc1)C(O)c1ccccc1. The molecule has 0 spiro atoms. The van der Waals surface area contributed by atoms with Crippen LogP contribution < -0.4 is 0 Å². The van der Waals surface area contributed by atoms with Crippen LogP contribution in [0.2, 0.25) is 0 Å². The normalized spacial score (nSPS) is 13.4. The first-order valence-electron chi connectivity index (χ1n) is 7.97. The maximum absolute atomic E-state index is 10.8. The van der Waals surface area contributed by atoms with E-state index in [1.165, 1.54) is 0 Å². The van der Waals surface area contributed by atoms with Crippen LogP contribution in [0.15, 0.2) is 66.7 Å². The third-order valence-corrected chi connectivity index (χ3v) is 3.98. The van der Waals surface area contributed by atoms with Crippen LogP contribution >= 0.6 is 0 Å². The van der Waals surface area contributed by atoms with E-state index < -0.39 is 6.10 Å². The molecule has 2 heteroatoms. The highest BCUT2D eigenvalue weighted by molar-refractivity contribution is 5.70. The molecule has 0 aromatic heterocycles. The molecule has 0 heterocycles. The number of likely N-dealkylation sites (N-methyl/N-ethyl adjacent to an activating group) is 1. The van der Waals surface area contributed by atoms with Gasteiger partial charge < -0.3 is 10.0 Å². The topological polar surface area (TPSA) is 23.5 Å². The van der Waals surface area contributed by atoms with Gasteiger partial charge in [-0.05, 0) is 29.8 Å². The molecule has 116 valence electrons. The first-order chi connectivity index (χ1) is 10.8. The Morgan fingerprint density at radius 2 is 1.50 bits per heavy atom. The molecule has 0 aliphatic rings. The van der Waals surface area contributed by atoms with Crippen LogP contribution in [-0.4, -0.2) is 29.6 Å². The summed E-state index contributed by atoms with van der Waals surface area (Å²) in [6.07, 6.45) is 1.55. The lowest BCUT2D eigenvalue weighted by atomic mass is 9.95. The number of benzene rings is 2. The maximum Gasteiger partial charge on any atom is 0.104 e. The number of hydrogen-bond acceptors (Lipinski definition) is 2. The first kappa shape index (κ1) is 16.5. The summed E-state index contributed by atoms with van der Waals surface area (Å²) in [5, 5.41) is 10.8. The summed E-state index contributed by atoms with van der Waals surface area (Å²) in [5.74, 6) is 0. The van der Waals surface area contributed by atoms with Gasteiger partial charge in [0.1, 0.15) is 6.10 Å². The summed E-state index contributed by atoms with van der Waals surface area (Å²) in [7, 11) is 0. The van der Waals surface area contributed by atoms with Gasteiger partial charge in [-0.2, -0.15) is 0 Å². The lowest BCUT2D eigenvalue weighted by molar-refractivity contribution is 0.237. The number of rotatable bonds is 7. The van der Waals surface area contributed by atoms with Crippen LogP contribution in [-0.2, 0) is 0 Å². The second kappa shape index (κ2) is 8.52. The standard InChI is InChI=1S/C20H25NO/c1-3-21(4-2)16-15-19(17-11-7-5-8-12-17)20(22)18-13-9-6-10-14-18/h5-15,20,22H,3-4,16H2,1-2H3. The van der Waals surface area contributed by atoms with E-state index in [2.05, 4.69) is 37.0 Å². The molecular weight excluding hydrogens is 270 g/mol. The summed E-state index contributed by atoms with van der Waals surface area (Å²) >= 11 is 0. The molecule has 2 aromatic carbocycles. The molecule has 2 nitrogen and oxygen atoms in total. The van der Waals surface area contributed by atoms with Crippen molar-refractivity contribution in [2.24, 2.45) is 0 Å². The highest BCUT2D eigenvalue weighted by Crippen LogP contribution is 2.29. The Balaban J connectivity index is 2.31. The second-order valence-corrected chi connectivity index (χ2v) is 5.32. The molecule has 0 bridgehead atoms. The van der Waals surface area contributed by atoms with Gasteiger partial charge in [-0.25, -0.2) is 0 Å². The Bertz CT molecular complexity index is 573. The van der Waals surface area contributed by atoms with Gasteiger partial charge in [-0.3, -0.25) is 0 Å². The van der Waals surface area contributed by atoms with Crippen molar-refractivity contribution in [3.63, 3.8) is 0 Å². The second-order valence-electron chi connectivity index (χ2n) is 5.32. The Morgan fingerprint density at radius 3 is 2.05 bits per heavy atom. The zero-order valence-corrected chi connectivity index (χ0v) is 13.4. The minimum atomic E-state index is -0.598. The molecule has 0 saturated carbocycles. The van der Waals surface area contributed by atoms with Crippen molar-refractivity contribution in [3.05, 3.63) is 77.9 Å². The predicted molar refractivity (Wildman–Crippen MR) is 93.6 cm³/mol. The summed E-state index contributed by atoms with van der Waals surface area (Å²) < 4.78 is 0. The van der Waals surface area contributed by atoms with Gasteiger partial charge in [0.2, 0.25) is 0 Å². The van der Waals surface area contributed by atoms with Crippen LogP contribution in [0.3, 0.4) is 0 Å². The summed E-state index contributed by atoms with van der Waals surface area (Å²) in [4.78, 5) is 2.33. The molecule has 1 N–H and O–H groups in total. The number of aliphatic hydroxyl groups excluding tert-OH is 1. The van der Waals surface area contributed by atoms with Crippen molar-refractivity contribution in [1.29, 1.82) is 0 Å². The average molecular weight is 295 g/mol. The summed E-state index contributed by atoms with van der Waals surface area (Å²) in [6.45, 7) is 7.19. The minimum Gasteiger partial charge on any atom is -0.384 e. The smallest absolute Gasteiger partial charge is 0.104 e. The molecule has 0 radical (unpaired) electrons. The zero-order chi connectivity index (χ0) is 15.8. The monoisotopic (exact) mass is 295 g/mol. The number of aliphatic hydroxyl groups is 1.